The zero-order valence-electron chi connectivity index (χ0n) is 6.65. The van der Waals surface area contributed by atoms with Crippen molar-refractivity contribution >= 4 is 22.6 Å². The second-order valence-electron chi connectivity index (χ2n) is 2.80. The number of aliphatic hydroxyl groups excluding tert-OH is 1. The average molecular weight is 256 g/mol. The Labute approximate surface area is 77.3 Å². The summed E-state index contributed by atoms with van der Waals surface area (Å²) in [6.45, 7) is 2.56. The predicted octanol–water partition coefficient (Wildman–Crippen LogP) is 2.61. The minimum atomic E-state index is 0.353. The molecule has 1 N–H and O–H groups in total. The highest BCUT2D eigenvalue weighted by Crippen LogP contribution is 2.11. The molecule has 0 aromatic heterocycles. The van der Waals surface area contributed by atoms with Gasteiger partial charge in [-0.1, -0.05) is 42.4 Å². The Morgan fingerprint density at radius 3 is 2.50 bits per heavy atom. The van der Waals surface area contributed by atoms with Crippen LogP contribution < -0.4 is 0 Å². The molecule has 0 radical (unpaired) electrons. The second kappa shape index (κ2) is 7.79. The van der Waals surface area contributed by atoms with E-state index in [9.17, 15) is 0 Å². The van der Waals surface area contributed by atoms with Gasteiger partial charge in [0.15, 0.2) is 0 Å². The van der Waals surface area contributed by atoms with Crippen LogP contribution in [0.2, 0.25) is 0 Å². The maximum absolute atomic E-state index is 8.59. The van der Waals surface area contributed by atoms with Gasteiger partial charge in [-0.25, -0.2) is 0 Å². The van der Waals surface area contributed by atoms with Gasteiger partial charge in [-0.2, -0.15) is 0 Å². The predicted molar refractivity (Wildman–Crippen MR) is 53.6 cm³/mol. The van der Waals surface area contributed by atoms with E-state index in [0.29, 0.717) is 12.5 Å². The van der Waals surface area contributed by atoms with Crippen LogP contribution in [-0.4, -0.2) is 16.1 Å². The molecule has 0 saturated carbocycles. The summed E-state index contributed by atoms with van der Waals surface area (Å²) in [6.07, 6.45) is 4.91. The Hall–Kier alpha value is 0.690. The van der Waals surface area contributed by atoms with Crippen molar-refractivity contribution in [3.63, 3.8) is 0 Å². The van der Waals surface area contributed by atoms with Gasteiger partial charge in [0.1, 0.15) is 0 Å². The van der Waals surface area contributed by atoms with E-state index < -0.39 is 0 Å². The monoisotopic (exact) mass is 256 g/mol. The molecule has 0 aliphatic carbocycles. The van der Waals surface area contributed by atoms with Gasteiger partial charge < -0.3 is 5.11 Å². The zero-order valence-corrected chi connectivity index (χ0v) is 8.80. The quantitative estimate of drug-likeness (QED) is 0.440. The molecular formula is C8H17IO. The van der Waals surface area contributed by atoms with E-state index in [1.54, 1.807) is 0 Å². The first-order valence-corrected chi connectivity index (χ1v) is 5.50. The Balaban J connectivity index is 2.97. The second-order valence-corrected chi connectivity index (χ2v) is 3.88. The lowest BCUT2D eigenvalue weighted by Crippen LogP contribution is -1.97. The van der Waals surface area contributed by atoms with E-state index in [1.165, 1.54) is 23.7 Å². The summed E-state index contributed by atoms with van der Waals surface area (Å²) in [5.41, 5.74) is 0. The van der Waals surface area contributed by atoms with Crippen LogP contribution in [0.5, 0.6) is 0 Å². The molecule has 0 aliphatic rings. The van der Waals surface area contributed by atoms with Crippen LogP contribution >= 0.6 is 22.6 Å². The van der Waals surface area contributed by atoms with Crippen molar-refractivity contribution < 1.29 is 5.11 Å². The first-order valence-electron chi connectivity index (χ1n) is 3.98. The van der Waals surface area contributed by atoms with E-state index in [-0.39, 0.29) is 0 Å². The van der Waals surface area contributed by atoms with E-state index in [1.807, 2.05) is 0 Å². The number of hydrogen-bond donors (Lipinski definition) is 1. The maximum Gasteiger partial charge on any atom is 0.0433 e. The molecule has 0 fully saturated rings. The summed E-state index contributed by atoms with van der Waals surface area (Å²) in [5.74, 6) is 0.716. The van der Waals surface area contributed by atoms with Crippen LogP contribution in [0.15, 0.2) is 0 Å². The van der Waals surface area contributed by atoms with Gasteiger partial charge in [0.25, 0.3) is 0 Å². The lowest BCUT2D eigenvalue weighted by molar-refractivity contribution is 0.257. The topological polar surface area (TPSA) is 20.2 Å². The molecule has 0 bridgehead atoms. The number of halogens is 1. The van der Waals surface area contributed by atoms with Crippen molar-refractivity contribution in [1.82, 2.24) is 0 Å². The van der Waals surface area contributed by atoms with E-state index in [0.717, 1.165) is 6.42 Å². The molecule has 0 saturated heterocycles. The molecule has 0 aliphatic heterocycles. The Morgan fingerprint density at radius 2 is 2.00 bits per heavy atom. The molecule has 0 aromatic rings. The lowest BCUT2D eigenvalue weighted by Gasteiger charge is -2.07. The van der Waals surface area contributed by atoms with E-state index in [4.69, 9.17) is 5.11 Å². The van der Waals surface area contributed by atoms with Gasteiger partial charge in [-0.3, -0.25) is 0 Å². The molecule has 1 nitrogen and oxygen atoms in total. The molecule has 2 heteroatoms. The van der Waals surface area contributed by atoms with E-state index in [2.05, 4.69) is 29.5 Å². The van der Waals surface area contributed by atoms with Gasteiger partial charge in [0.05, 0.1) is 0 Å². The van der Waals surface area contributed by atoms with Crippen molar-refractivity contribution in [3.05, 3.63) is 0 Å². The highest BCUT2D eigenvalue weighted by atomic mass is 127. The normalized spacial score (nSPS) is 13.5. The molecule has 1 unspecified atom stereocenters. The molecule has 1 atom stereocenters. The fourth-order valence-electron chi connectivity index (χ4n) is 0.952. The summed E-state index contributed by atoms with van der Waals surface area (Å²) in [7, 11) is 0. The van der Waals surface area contributed by atoms with Gasteiger partial charge in [0.2, 0.25) is 0 Å². The fourth-order valence-corrected chi connectivity index (χ4v) is 1.49. The first kappa shape index (κ1) is 10.7. The number of unbranched alkanes of at least 4 members (excludes halogenated alkanes) is 1. The molecule has 10 heavy (non-hydrogen) atoms. The van der Waals surface area contributed by atoms with E-state index >= 15 is 0 Å². The minimum Gasteiger partial charge on any atom is -0.396 e. The third kappa shape index (κ3) is 6.81. The number of alkyl halides is 1. The van der Waals surface area contributed by atoms with Crippen LogP contribution in [0.4, 0.5) is 0 Å². The number of hydrogen-bond acceptors (Lipinski definition) is 1. The molecule has 62 valence electrons. The largest absolute Gasteiger partial charge is 0.396 e. The molecular weight excluding hydrogens is 239 g/mol. The van der Waals surface area contributed by atoms with Crippen molar-refractivity contribution in [2.24, 2.45) is 5.92 Å². The van der Waals surface area contributed by atoms with Crippen LogP contribution in [0.1, 0.15) is 32.6 Å². The first-order chi connectivity index (χ1) is 4.81. The van der Waals surface area contributed by atoms with Crippen LogP contribution in [0.3, 0.4) is 0 Å². The van der Waals surface area contributed by atoms with Crippen LogP contribution in [0.25, 0.3) is 0 Å². The smallest absolute Gasteiger partial charge is 0.0433 e. The molecule has 0 rings (SSSR count). The van der Waals surface area contributed by atoms with Gasteiger partial charge in [0, 0.05) is 6.61 Å². The maximum atomic E-state index is 8.59. The minimum absolute atomic E-state index is 0.353. The van der Waals surface area contributed by atoms with Crippen molar-refractivity contribution in [2.75, 3.05) is 11.0 Å². The van der Waals surface area contributed by atoms with Crippen LogP contribution in [-0.2, 0) is 0 Å². The molecule has 0 heterocycles. The molecule has 0 aromatic carbocycles. The third-order valence-corrected chi connectivity index (χ3v) is 2.47. The SMILES string of the molecule is CC(CCO)CCCCI. The third-order valence-electron chi connectivity index (χ3n) is 1.70. The summed E-state index contributed by atoms with van der Waals surface area (Å²) in [5, 5.41) is 8.59. The van der Waals surface area contributed by atoms with Crippen LogP contribution in [0, 0.1) is 5.92 Å². The lowest BCUT2D eigenvalue weighted by atomic mass is 10.0. The van der Waals surface area contributed by atoms with Crippen molar-refractivity contribution in [1.29, 1.82) is 0 Å². The summed E-state index contributed by atoms with van der Waals surface area (Å²) < 4.78 is 1.27. The summed E-state index contributed by atoms with van der Waals surface area (Å²) in [6, 6.07) is 0. The zero-order chi connectivity index (χ0) is 7.82. The van der Waals surface area contributed by atoms with Gasteiger partial charge in [-0.05, 0) is 23.2 Å². The number of aliphatic hydroxyl groups is 1. The highest BCUT2D eigenvalue weighted by molar-refractivity contribution is 14.1. The van der Waals surface area contributed by atoms with Crippen molar-refractivity contribution in [3.8, 4) is 0 Å². The van der Waals surface area contributed by atoms with Gasteiger partial charge in [-0.15, -0.1) is 0 Å². The average Bonchev–Trinajstić information content (AvgIpc) is 1.89. The number of rotatable bonds is 6. The summed E-state index contributed by atoms with van der Waals surface area (Å²) >= 11 is 2.41. The Bertz CT molecular complexity index is 66.3. The molecule has 0 amide bonds. The highest BCUT2D eigenvalue weighted by Gasteiger charge is 1.99. The summed E-state index contributed by atoms with van der Waals surface area (Å²) in [4.78, 5) is 0. The standard InChI is InChI=1S/C8H17IO/c1-8(5-7-10)4-2-3-6-9/h8,10H,2-7H2,1H3. The Kier molecular flexibility index (Phi) is 8.33. The Morgan fingerprint density at radius 1 is 1.30 bits per heavy atom. The van der Waals surface area contributed by atoms with Gasteiger partial charge >= 0.3 is 0 Å². The molecule has 0 spiro atoms. The fraction of sp³-hybridized carbons (Fsp3) is 1.00. The van der Waals surface area contributed by atoms with Crippen molar-refractivity contribution in [2.45, 2.75) is 32.6 Å².